The molecule has 0 radical (unpaired) electrons. The molecule has 16 heavy (non-hydrogen) atoms. The van der Waals surface area contributed by atoms with Gasteiger partial charge < -0.3 is 4.74 Å². The summed E-state index contributed by atoms with van der Waals surface area (Å²) in [5, 5.41) is 9.27. The van der Waals surface area contributed by atoms with Crippen molar-refractivity contribution in [1.29, 1.82) is 5.26 Å². The molecule has 0 atom stereocenters. The predicted octanol–water partition coefficient (Wildman–Crippen LogP) is 2.81. The highest BCUT2D eigenvalue weighted by atomic mass is 127. The molecule has 0 bridgehead atoms. The van der Waals surface area contributed by atoms with E-state index in [4.69, 9.17) is 4.74 Å². The third-order valence-electron chi connectivity index (χ3n) is 2.82. The van der Waals surface area contributed by atoms with Crippen LogP contribution in [0.15, 0.2) is 24.3 Å². The molecule has 0 aliphatic heterocycles. The van der Waals surface area contributed by atoms with Crippen LogP contribution in [0.2, 0.25) is 0 Å². The molecule has 0 saturated heterocycles. The van der Waals surface area contributed by atoms with Gasteiger partial charge in [0.25, 0.3) is 0 Å². The smallest absolute Gasteiger partial charge is 0.227 e. The van der Waals surface area contributed by atoms with E-state index in [1.165, 1.54) is 0 Å². The summed E-state index contributed by atoms with van der Waals surface area (Å²) >= 11 is 2.16. The number of hydrogen-bond acceptors (Lipinski definition) is 3. The summed E-state index contributed by atoms with van der Waals surface area (Å²) in [4.78, 5) is 4.40. The van der Waals surface area contributed by atoms with Gasteiger partial charge in [0, 0.05) is 0 Å². The number of methoxy groups -OCH3 is 1. The minimum atomic E-state index is -0.477. The largest absolute Gasteiger partial charge is 0.480 e. The van der Waals surface area contributed by atoms with Crippen LogP contribution >= 0.6 is 22.6 Å². The molecule has 2 rings (SSSR count). The van der Waals surface area contributed by atoms with Crippen molar-refractivity contribution in [3.05, 3.63) is 33.5 Å². The summed E-state index contributed by atoms with van der Waals surface area (Å²) in [5.74, 6) is 0.588. The predicted molar refractivity (Wildman–Crippen MR) is 69.2 cm³/mol. The summed E-state index contributed by atoms with van der Waals surface area (Å²) in [6, 6.07) is 6.19. The number of nitrogens with zero attached hydrogens (tertiary/aromatic N) is 2. The fourth-order valence-electron chi connectivity index (χ4n) is 1.95. The van der Waals surface area contributed by atoms with Gasteiger partial charge in [-0.3, -0.25) is 0 Å². The van der Waals surface area contributed by atoms with E-state index < -0.39 is 5.41 Å². The van der Waals surface area contributed by atoms with E-state index in [0.717, 1.165) is 14.8 Å². The molecule has 1 aromatic rings. The fourth-order valence-corrected chi connectivity index (χ4v) is 2.47. The van der Waals surface area contributed by atoms with E-state index in [-0.39, 0.29) is 0 Å². The van der Waals surface area contributed by atoms with Gasteiger partial charge >= 0.3 is 0 Å². The molecule has 1 heterocycles. The van der Waals surface area contributed by atoms with Crippen molar-refractivity contribution in [2.45, 2.75) is 18.3 Å². The lowest BCUT2D eigenvalue weighted by Gasteiger charge is -2.36. The van der Waals surface area contributed by atoms with E-state index in [1.807, 2.05) is 12.1 Å². The zero-order valence-electron chi connectivity index (χ0n) is 8.96. The first-order chi connectivity index (χ1) is 7.61. The van der Waals surface area contributed by atoms with Gasteiger partial charge in [-0.1, -0.05) is 12.2 Å². The first kappa shape index (κ1) is 11.4. The molecule has 0 spiro atoms. The lowest BCUT2D eigenvalue weighted by atomic mass is 9.65. The minimum Gasteiger partial charge on any atom is -0.480 e. The molecule has 1 saturated carbocycles. The lowest BCUT2D eigenvalue weighted by molar-refractivity contribution is 0.376. The van der Waals surface area contributed by atoms with Gasteiger partial charge in [-0.2, -0.15) is 5.26 Å². The van der Waals surface area contributed by atoms with Crippen molar-refractivity contribution >= 4 is 22.6 Å². The Morgan fingerprint density at radius 1 is 1.56 bits per heavy atom. The number of aromatic nitrogens is 1. The second kappa shape index (κ2) is 4.06. The van der Waals surface area contributed by atoms with Gasteiger partial charge in [-0.25, -0.2) is 4.98 Å². The van der Waals surface area contributed by atoms with E-state index in [2.05, 4.69) is 40.2 Å². The number of rotatable bonds is 2. The standard InChI is InChI=1S/C12H11IN2O/c1-8-5-12(6-8,7-14)10-4-3-9(13)11(15-10)16-2/h3-4H,1,5-6H2,2H3. The first-order valence-corrected chi connectivity index (χ1v) is 5.98. The zero-order chi connectivity index (χ0) is 11.8. The normalized spacial score (nSPS) is 17.4. The van der Waals surface area contributed by atoms with Crippen LogP contribution in [0.3, 0.4) is 0 Å². The number of pyridine rings is 1. The van der Waals surface area contributed by atoms with Crippen LogP contribution in [-0.2, 0) is 5.41 Å². The van der Waals surface area contributed by atoms with Crippen LogP contribution in [0.25, 0.3) is 0 Å². The van der Waals surface area contributed by atoms with Crippen molar-refractivity contribution in [3.8, 4) is 11.9 Å². The Morgan fingerprint density at radius 2 is 2.25 bits per heavy atom. The van der Waals surface area contributed by atoms with E-state index in [9.17, 15) is 5.26 Å². The van der Waals surface area contributed by atoms with Crippen molar-refractivity contribution in [2.75, 3.05) is 7.11 Å². The minimum absolute atomic E-state index is 0.477. The average Bonchev–Trinajstić information content (AvgIpc) is 2.25. The molecule has 0 amide bonds. The first-order valence-electron chi connectivity index (χ1n) is 4.90. The maximum atomic E-state index is 9.27. The molecule has 3 nitrogen and oxygen atoms in total. The third kappa shape index (κ3) is 1.69. The lowest BCUT2D eigenvalue weighted by Crippen LogP contribution is -2.35. The summed E-state index contributed by atoms with van der Waals surface area (Å²) < 4.78 is 6.12. The van der Waals surface area contributed by atoms with Crippen LogP contribution in [-0.4, -0.2) is 12.1 Å². The van der Waals surface area contributed by atoms with Crippen LogP contribution < -0.4 is 4.74 Å². The highest BCUT2D eigenvalue weighted by Crippen LogP contribution is 2.45. The summed E-state index contributed by atoms with van der Waals surface area (Å²) in [7, 11) is 1.59. The van der Waals surface area contributed by atoms with Crippen molar-refractivity contribution in [3.63, 3.8) is 0 Å². The molecule has 4 heteroatoms. The zero-order valence-corrected chi connectivity index (χ0v) is 11.1. The van der Waals surface area contributed by atoms with Gasteiger partial charge in [0.1, 0.15) is 5.41 Å². The highest BCUT2D eigenvalue weighted by Gasteiger charge is 2.43. The van der Waals surface area contributed by atoms with Crippen LogP contribution in [0.1, 0.15) is 18.5 Å². The highest BCUT2D eigenvalue weighted by molar-refractivity contribution is 14.1. The molecule has 1 aliphatic rings. The Labute approximate surface area is 108 Å². The van der Waals surface area contributed by atoms with Gasteiger partial charge in [0.05, 0.1) is 22.4 Å². The molecule has 0 N–H and O–H groups in total. The van der Waals surface area contributed by atoms with Gasteiger partial charge in [-0.05, 0) is 47.6 Å². The number of ether oxygens (including phenoxy) is 1. The van der Waals surface area contributed by atoms with Crippen LogP contribution in [0.4, 0.5) is 0 Å². The number of hydrogen-bond donors (Lipinski definition) is 0. The molecular formula is C12H11IN2O. The Bertz CT molecular complexity index is 482. The fraction of sp³-hybridized carbons (Fsp3) is 0.333. The summed E-state index contributed by atoms with van der Waals surface area (Å²) in [5.41, 5.74) is 1.43. The van der Waals surface area contributed by atoms with E-state index in [1.54, 1.807) is 7.11 Å². The molecule has 1 aromatic heterocycles. The molecule has 1 fully saturated rings. The maximum Gasteiger partial charge on any atom is 0.227 e. The van der Waals surface area contributed by atoms with Crippen LogP contribution in [0.5, 0.6) is 5.88 Å². The SMILES string of the molecule is C=C1CC(C#N)(c2ccc(I)c(OC)n2)C1. The Kier molecular flexibility index (Phi) is 2.89. The molecule has 0 unspecified atom stereocenters. The summed E-state index contributed by atoms with van der Waals surface area (Å²) in [6.45, 7) is 3.88. The van der Waals surface area contributed by atoms with Crippen molar-refractivity contribution < 1.29 is 4.74 Å². The Hall–Kier alpha value is -1.09. The number of nitriles is 1. The Morgan fingerprint density at radius 3 is 2.75 bits per heavy atom. The van der Waals surface area contributed by atoms with E-state index in [0.29, 0.717) is 18.7 Å². The molecule has 0 aromatic carbocycles. The molecule has 1 aliphatic carbocycles. The monoisotopic (exact) mass is 326 g/mol. The quantitative estimate of drug-likeness (QED) is 0.620. The maximum absolute atomic E-state index is 9.27. The second-order valence-electron chi connectivity index (χ2n) is 3.99. The third-order valence-corrected chi connectivity index (χ3v) is 3.64. The topological polar surface area (TPSA) is 45.9 Å². The number of halogens is 1. The molecular weight excluding hydrogens is 315 g/mol. The van der Waals surface area contributed by atoms with E-state index >= 15 is 0 Å². The van der Waals surface area contributed by atoms with Crippen LogP contribution in [0, 0.1) is 14.9 Å². The summed E-state index contributed by atoms with van der Waals surface area (Å²) in [6.07, 6.45) is 1.42. The van der Waals surface area contributed by atoms with Crippen molar-refractivity contribution in [2.24, 2.45) is 0 Å². The van der Waals surface area contributed by atoms with Crippen molar-refractivity contribution in [1.82, 2.24) is 4.98 Å². The van der Waals surface area contributed by atoms with Gasteiger partial charge in [0.2, 0.25) is 5.88 Å². The average molecular weight is 326 g/mol. The number of allylic oxidation sites excluding steroid dienone is 1. The van der Waals surface area contributed by atoms with Gasteiger partial charge in [-0.15, -0.1) is 0 Å². The second-order valence-corrected chi connectivity index (χ2v) is 5.15. The molecule has 82 valence electrons. The van der Waals surface area contributed by atoms with Gasteiger partial charge in [0.15, 0.2) is 0 Å². The Balaban J connectivity index is 2.41.